The van der Waals surface area contributed by atoms with Gasteiger partial charge >= 0.3 is 5.97 Å². The molecule has 0 aromatic carbocycles. The van der Waals surface area contributed by atoms with Crippen molar-refractivity contribution < 1.29 is 9.90 Å². The number of unbranched alkanes of at least 4 members (excludes halogenated alkanes) is 2. The molecule has 0 aromatic rings. The van der Waals surface area contributed by atoms with Crippen molar-refractivity contribution in [1.82, 2.24) is 21.5 Å². The van der Waals surface area contributed by atoms with Gasteiger partial charge in [0.25, 0.3) is 0 Å². The van der Waals surface area contributed by atoms with E-state index in [0.717, 1.165) is 12.8 Å². The number of carboxylic acids is 1. The Labute approximate surface area is 147 Å². The molecule has 8 nitrogen and oxygen atoms in total. The highest BCUT2D eigenvalue weighted by Gasteiger charge is 2.00. The fraction of sp³-hybridized carbons (Fsp3) is 0.615. The van der Waals surface area contributed by atoms with Crippen molar-refractivity contribution >= 4 is 52.1 Å². The van der Waals surface area contributed by atoms with Gasteiger partial charge in [0.05, 0.1) is 11.4 Å². The number of rotatable bonds is 9. The zero-order valence-corrected chi connectivity index (χ0v) is 15.2. The van der Waals surface area contributed by atoms with Crippen LogP contribution in [0.5, 0.6) is 0 Å². The summed E-state index contributed by atoms with van der Waals surface area (Å²) < 4.78 is 0. The van der Waals surface area contributed by atoms with E-state index in [1.807, 2.05) is 0 Å². The van der Waals surface area contributed by atoms with Gasteiger partial charge in [0.2, 0.25) is 0 Å². The molecule has 0 heterocycles. The maximum Gasteiger partial charge on any atom is 0.303 e. The van der Waals surface area contributed by atoms with Crippen molar-refractivity contribution in [3.05, 3.63) is 0 Å². The second-order valence-corrected chi connectivity index (χ2v) is 5.47. The van der Waals surface area contributed by atoms with Crippen LogP contribution in [0.3, 0.4) is 0 Å². The van der Waals surface area contributed by atoms with Crippen molar-refractivity contribution in [3.63, 3.8) is 0 Å². The molecule has 130 valence electrons. The highest BCUT2D eigenvalue weighted by Crippen LogP contribution is 1.98. The van der Waals surface area contributed by atoms with E-state index in [9.17, 15) is 4.79 Å². The molecule has 0 amide bonds. The standard InChI is InChI=1S/C13H24N6O2S2/c1-9(16-18-12(22)14-3)10(2)17-19-13(23)15-8-6-4-5-7-11(20)21/h4-8H2,1-3H3,(H,20,21)(H2,14,18,22)(H2,15,19,23). The molecule has 5 N–H and O–H groups in total. The Morgan fingerprint density at radius 2 is 1.57 bits per heavy atom. The quantitative estimate of drug-likeness (QED) is 0.179. The summed E-state index contributed by atoms with van der Waals surface area (Å²) in [7, 11) is 1.70. The summed E-state index contributed by atoms with van der Waals surface area (Å²) in [6.07, 6.45) is 2.57. The Bertz CT molecular complexity index is 479. The molecule has 0 radical (unpaired) electrons. The van der Waals surface area contributed by atoms with E-state index in [4.69, 9.17) is 29.5 Å². The number of nitrogens with zero attached hydrogens (tertiary/aromatic N) is 2. The molecule has 0 atom stereocenters. The highest BCUT2D eigenvalue weighted by molar-refractivity contribution is 7.80. The topological polar surface area (TPSA) is 110 Å². The van der Waals surface area contributed by atoms with Crippen LogP contribution < -0.4 is 21.5 Å². The minimum absolute atomic E-state index is 0.204. The zero-order chi connectivity index (χ0) is 17.7. The maximum atomic E-state index is 10.4. The fourth-order valence-electron chi connectivity index (χ4n) is 1.31. The van der Waals surface area contributed by atoms with Crippen molar-refractivity contribution in [1.29, 1.82) is 0 Å². The van der Waals surface area contributed by atoms with Crippen LogP contribution in [0.25, 0.3) is 0 Å². The summed E-state index contributed by atoms with van der Waals surface area (Å²) in [5.74, 6) is -0.762. The zero-order valence-electron chi connectivity index (χ0n) is 13.6. The molecule has 0 fully saturated rings. The summed E-state index contributed by atoms with van der Waals surface area (Å²) in [4.78, 5) is 10.4. The summed E-state index contributed by atoms with van der Waals surface area (Å²) >= 11 is 10.0. The lowest BCUT2D eigenvalue weighted by molar-refractivity contribution is -0.137. The van der Waals surface area contributed by atoms with Gasteiger partial charge in [0.15, 0.2) is 10.2 Å². The molecule has 0 aliphatic heterocycles. The first-order valence-corrected chi connectivity index (χ1v) is 8.00. The Balaban J connectivity index is 3.97. The van der Waals surface area contributed by atoms with Gasteiger partial charge in [0, 0.05) is 20.0 Å². The third-order valence-corrected chi connectivity index (χ3v) is 3.28. The molecule has 0 unspecified atom stereocenters. The predicted octanol–water partition coefficient (Wildman–Crippen LogP) is 0.941. The lowest BCUT2D eigenvalue weighted by atomic mass is 10.2. The highest BCUT2D eigenvalue weighted by atomic mass is 32.1. The van der Waals surface area contributed by atoms with Gasteiger partial charge in [-0.2, -0.15) is 10.2 Å². The van der Waals surface area contributed by atoms with Crippen LogP contribution in [0.1, 0.15) is 39.5 Å². The maximum absolute atomic E-state index is 10.4. The van der Waals surface area contributed by atoms with Crippen LogP contribution in [-0.2, 0) is 4.79 Å². The lowest BCUT2D eigenvalue weighted by Crippen LogP contribution is -2.34. The summed E-state index contributed by atoms with van der Waals surface area (Å²) in [5.41, 5.74) is 6.74. The van der Waals surface area contributed by atoms with Gasteiger partial charge in [0.1, 0.15) is 0 Å². The van der Waals surface area contributed by atoms with Crippen LogP contribution in [0, 0.1) is 0 Å². The first-order valence-electron chi connectivity index (χ1n) is 7.19. The number of nitrogens with one attached hydrogen (secondary N) is 4. The Morgan fingerprint density at radius 3 is 2.09 bits per heavy atom. The van der Waals surface area contributed by atoms with E-state index < -0.39 is 5.97 Å². The largest absolute Gasteiger partial charge is 0.481 e. The van der Waals surface area contributed by atoms with Crippen LogP contribution in [0.15, 0.2) is 10.2 Å². The summed E-state index contributed by atoms with van der Waals surface area (Å²) in [6, 6.07) is 0. The number of thiocarbonyl (C=S) groups is 2. The Hall–Kier alpha value is -1.81. The average Bonchev–Trinajstić information content (AvgIpc) is 2.52. The number of carbonyl (C=O) groups is 1. The van der Waals surface area contributed by atoms with E-state index >= 15 is 0 Å². The number of hydrazone groups is 2. The minimum Gasteiger partial charge on any atom is -0.481 e. The average molecular weight is 361 g/mol. The van der Waals surface area contributed by atoms with Crippen LogP contribution in [-0.4, -0.2) is 46.3 Å². The molecule has 0 spiro atoms. The monoisotopic (exact) mass is 360 g/mol. The van der Waals surface area contributed by atoms with E-state index in [0.29, 0.717) is 34.6 Å². The first kappa shape index (κ1) is 21.2. The molecule has 0 aliphatic carbocycles. The lowest BCUT2D eigenvalue weighted by Gasteiger charge is -2.08. The molecule has 0 saturated carbocycles. The van der Waals surface area contributed by atoms with Gasteiger partial charge in [-0.05, 0) is 51.1 Å². The van der Waals surface area contributed by atoms with E-state index in [-0.39, 0.29) is 6.42 Å². The van der Waals surface area contributed by atoms with E-state index in [2.05, 4.69) is 31.7 Å². The van der Waals surface area contributed by atoms with Crippen molar-refractivity contribution in [2.24, 2.45) is 10.2 Å². The Morgan fingerprint density at radius 1 is 1.00 bits per heavy atom. The smallest absolute Gasteiger partial charge is 0.303 e. The summed E-state index contributed by atoms with van der Waals surface area (Å²) in [6.45, 7) is 4.26. The second kappa shape index (κ2) is 12.7. The van der Waals surface area contributed by atoms with E-state index in [1.165, 1.54) is 0 Å². The number of carboxylic acid groups (broad SMARTS) is 1. The van der Waals surface area contributed by atoms with E-state index in [1.54, 1.807) is 20.9 Å². The molecule has 10 heteroatoms. The molecular formula is C13H24N6O2S2. The molecule has 0 rings (SSSR count). The van der Waals surface area contributed by atoms with Crippen molar-refractivity contribution in [2.45, 2.75) is 39.5 Å². The molecule has 0 aliphatic rings. The van der Waals surface area contributed by atoms with Crippen molar-refractivity contribution in [3.8, 4) is 0 Å². The van der Waals surface area contributed by atoms with Crippen molar-refractivity contribution in [2.75, 3.05) is 13.6 Å². The van der Waals surface area contributed by atoms with Gasteiger partial charge in [-0.3, -0.25) is 15.6 Å². The third kappa shape index (κ3) is 12.4. The van der Waals surface area contributed by atoms with Crippen LogP contribution in [0.4, 0.5) is 0 Å². The van der Waals surface area contributed by atoms with Gasteiger partial charge in [-0.25, -0.2) is 0 Å². The molecule has 0 bridgehead atoms. The predicted molar refractivity (Wildman–Crippen MR) is 101 cm³/mol. The van der Waals surface area contributed by atoms with Gasteiger partial charge in [-0.1, -0.05) is 6.42 Å². The molecular weight excluding hydrogens is 336 g/mol. The minimum atomic E-state index is -0.762. The number of hydrogen-bond acceptors (Lipinski definition) is 5. The third-order valence-electron chi connectivity index (χ3n) is 2.75. The fourth-order valence-corrected chi connectivity index (χ4v) is 1.50. The van der Waals surface area contributed by atoms with Crippen LogP contribution in [0.2, 0.25) is 0 Å². The number of hydrogen-bond donors (Lipinski definition) is 5. The molecule has 0 aromatic heterocycles. The van der Waals surface area contributed by atoms with Gasteiger partial charge < -0.3 is 15.7 Å². The van der Waals surface area contributed by atoms with Crippen LogP contribution >= 0.6 is 24.4 Å². The summed E-state index contributed by atoms with van der Waals surface area (Å²) in [5, 5.41) is 23.3. The molecule has 23 heavy (non-hydrogen) atoms. The first-order chi connectivity index (χ1) is 10.9. The Kier molecular flexibility index (Phi) is 11.7. The SMILES string of the molecule is CNC(=S)NN=C(C)C(C)=NNC(=S)NCCCCCC(=O)O. The molecule has 0 saturated heterocycles. The second-order valence-electron chi connectivity index (χ2n) is 4.66. The normalized spacial score (nSPS) is 11.6. The van der Waals surface area contributed by atoms with Gasteiger partial charge in [-0.15, -0.1) is 0 Å². The number of aliphatic carboxylic acids is 1.